The number of sulfonamides is 1. The molecule has 0 spiro atoms. The molecular formula is C23H26N2O4S. The van der Waals surface area contributed by atoms with Gasteiger partial charge in [-0.25, -0.2) is 8.42 Å². The van der Waals surface area contributed by atoms with Crippen LogP contribution in [0.1, 0.15) is 18.4 Å². The summed E-state index contributed by atoms with van der Waals surface area (Å²) in [5, 5.41) is 5.18. The van der Waals surface area contributed by atoms with Gasteiger partial charge in [0.25, 0.3) is 0 Å². The molecule has 0 aliphatic carbocycles. The molecule has 0 fully saturated rings. The van der Waals surface area contributed by atoms with Crippen molar-refractivity contribution >= 4 is 32.4 Å². The molecule has 0 saturated carbocycles. The van der Waals surface area contributed by atoms with E-state index >= 15 is 0 Å². The minimum absolute atomic E-state index is 0.105. The summed E-state index contributed by atoms with van der Waals surface area (Å²) in [7, 11) is -1.90. The molecule has 0 heterocycles. The van der Waals surface area contributed by atoms with Gasteiger partial charge in [0, 0.05) is 19.5 Å². The number of hydrogen-bond donors (Lipinski definition) is 1. The predicted molar refractivity (Wildman–Crippen MR) is 120 cm³/mol. The van der Waals surface area contributed by atoms with Gasteiger partial charge >= 0.3 is 0 Å². The van der Waals surface area contributed by atoms with Gasteiger partial charge in [-0.15, -0.1) is 0 Å². The van der Waals surface area contributed by atoms with Crippen LogP contribution in [0.4, 0.5) is 5.69 Å². The Morgan fingerprint density at radius 3 is 2.40 bits per heavy atom. The molecule has 158 valence electrons. The van der Waals surface area contributed by atoms with Crippen LogP contribution in [0.5, 0.6) is 5.75 Å². The average Bonchev–Trinajstić information content (AvgIpc) is 2.74. The van der Waals surface area contributed by atoms with Crippen LogP contribution in [0.2, 0.25) is 0 Å². The van der Waals surface area contributed by atoms with Crippen LogP contribution in [0.3, 0.4) is 0 Å². The second-order valence-electron chi connectivity index (χ2n) is 7.05. The van der Waals surface area contributed by atoms with Crippen LogP contribution in [0, 0.1) is 0 Å². The quantitative estimate of drug-likeness (QED) is 0.566. The summed E-state index contributed by atoms with van der Waals surface area (Å²) in [6.07, 6.45) is 1.82. The zero-order valence-corrected chi connectivity index (χ0v) is 18.0. The van der Waals surface area contributed by atoms with Gasteiger partial charge in [0.2, 0.25) is 15.9 Å². The topological polar surface area (TPSA) is 75.7 Å². The third-order valence-electron chi connectivity index (χ3n) is 4.88. The highest BCUT2D eigenvalue weighted by atomic mass is 32.2. The molecule has 1 N–H and O–H groups in total. The monoisotopic (exact) mass is 426 g/mol. The van der Waals surface area contributed by atoms with Gasteiger partial charge in [-0.2, -0.15) is 0 Å². The smallest absolute Gasteiger partial charge is 0.232 e. The maximum absolute atomic E-state index is 12.3. The van der Waals surface area contributed by atoms with Gasteiger partial charge in [-0.1, -0.05) is 42.5 Å². The molecule has 0 unspecified atom stereocenters. The Kier molecular flexibility index (Phi) is 6.95. The van der Waals surface area contributed by atoms with Crippen LogP contribution >= 0.6 is 0 Å². The number of nitrogens with zero attached hydrogens (tertiary/aromatic N) is 1. The van der Waals surface area contributed by atoms with Crippen molar-refractivity contribution in [1.29, 1.82) is 0 Å². The van der Waals surface area contributed by atoms with Crippen molar-refractivity contribution in [3.05, 3.63) is 72.3 Å². The van der Waals surface area contributed by atoms with E-state index in [2.05, 4.69) is 5.32 Å². The van der Waals surface area contributed by atoms with Crippen molar-refractivity contribution in [3.63, 3.8) is 0 Å². The SMILES string of the molecule is COc1ccc(N(CCCC(=O)NCc2cccc3ccccc23)S(C)(=O)=O)cc1. The number of carbonyl (C=O) groups excluding carboxylic acids is 1. The first kappa shape index (κ1) is 21.6. The van der Waals surface area contributed by atoms with E-state index in [1.165, 1.54) is 4.31 Å². The van der Waals surface area contributed by atoms with Gasteiger partial charge < -0.3 is 10.1 Å². The lowest BCUT2D eigenvalue weighted by Crippen LogP contribution is -2.32. The largest absolute Gasteiger partial charge is 0.497 e. The molecule has 3 aromatic carbocycles. The minimum Gasteiger partial charge on any atom is -0.497 e. The average molecular weight is 427 g/mol. The van der Waals surface area contributed by atoms with Gasteiger partial charge in [0.05, 0.1) is 19.1 Å². The van der Waals surface area contributed by atoms with Gasteiger partial charge in [0.1, 0.15) is 5.75 Å². The molecule has 1 amide bonds. The van der Waals surface area contributed by atoms with E-state index in [0.717, 1.165) is 22.6 Å². The van der Waals surface area contributed by atoms with Crippen molar-refractivity contribution < 1.29 is 17.9 Å². The molecule has 0 aromatic heterocycles. The molecule has 0 atom stereocenters. The summed E-state index contributed by atoms with van der Waals surface area (Å²) in [6, 6.07) is 20.9. The van der Waals surface area contributed by atoms with E-state index in [1.54, 1.807) is 31.4 Å². The highest BCUT2D eigenvalue weighted by Crippen LogP contribution is 2.22. The van der Waals surface area contributed by atoms with Crippen molar-refractivity contribution in [1.82, 2.24) is 5.32 Å². The maximum Gasteiger partial charge on any atom is 0.232 e. The number of rotatable bonds is 9. The van der Waals surface area contributed by atoms with Crippen LogP contribution in [-0.2, 0) is 21.4 Å². The summed E-state index contributed by atoms with van der Waals surface area (Å²) in [5.74, 6) is 0.547. The molecule has 7 heteroatoms. The Labute approximate surface area is 177 Å². The van der Waals surface area contributed by atoms with Crippen molar-refractivity contribution in [2.24, 2.45) is 0 Å². The number of hydrogen-bond acceptors (Lipinski definition) is 4. The van der Waals surface area contributed by atoms with Crippen LogP contribution in [0.15, 0.2) is 66.7 Å². The number of fused-ring (bicyclic) bond motifs is 1. The van der Waals surface area contributed by atoms with E-state index in [1.807, 2.05) is 42.5 Å². The molecule has 0 radical (unpaired) electrons. The zero-order valence-electron chi connectivity index (χ0n) is 17.2. The van der Waals surface area contributed by atoms with Crippen molar-refractivity contribution in [3.8, 4) is 5.75 Å². The van der Waals surface area contributed by atoms with Crippen LogP contribution in [0.25, 0.3) is 10.8 Å². The number of anilines is 1. The summed E-state index contributed by atoms with van der Waals surface area (Å²) in [4.78, 5) is 12.3. The fraction of sp³-hybridized carbons (Fsp3) is 0.261. The second-order valence-corrected chi connectivity index (χ2v) is 8.96. The standard InChI is InChI=1S/C23H26N2O4S/c1-29-21-14-12-20(13-15-21)25(30(2,27)28)16-6-11-23(26)24-17-19-9-5-8-18-7-3-4-10-22(18)19/h3-5,7-10,12-15H,6,11,16-17H2,1-2H3,(H,24,26). The molecule has 0 aliphatic heterocycles. The number of carbonyl (C=O) groups is 1. The van der Waals surface area contributed by atoms with E-state index in [-0.39, 0.29) is 18.9 Å². The van der Waals surface area contributed by atoms with E-state index in [0.29, 0.717) is 24.4 Å². The van der Waals surface area contributed by atoms with Crippen molar-refractivity contribution in [2.75, 3.05) is 24.2 Å². The Morgan fingerprint density at radius 2 is 1.70 bits per heavy atom. The van der Waals surface area contributed by atoms with Crippen LogP contribution in [-0.4, -0.2) is 34.2 Å². The van der Waals surface area contributed by atoms with Gasteiger partial charge in [-0.05, 0) is 47.0 Å². The van der Waals surface area contributed by atoms with Gasteiger partial charge in [0.15, 0.2) is 0 Å². The number of amides is 1. The number of benzene rings is 3. The third-order valence-corrected chi connectivity index (χ3v) is 6.08. The van der Waals surface area contributed by atoms with E-state index in [4.69, 9.17) is 4.74 Å². The summed E-state index contributed by atoms with van der Waals surface area (Å²) >= 11 is 0. The molecule has 0 saturated heterocycles. The lowest BCUT2D eigenvalue weighted by Gasteiger charge is -2.22. The fourth-order valence-corrected chi connectivity index (χ4v) is 4.31. The molecule has 3 rings (SSSR count). The van der Waals surface area contributed by atoms with Gasteiger partial charge in [-0.3, -0.25) is 9.10 Å². The molecule has 6 nitrogen and oxygen atoms in total. The normalized spacial score (nSPS) is 11.3. The second kappa shape index (κ2) is 9.63. The molecule has 0 bridgehead atoms. The lowest BCUT2D eigenvalue weighted by atomic mass is 10.0. The lowest BCUT2D eigenvalue weighted by molar-refractivity contribution is -0.121. The Bertz CT molecular complexity index is 1110. The third kappa shape index (κ3) is 5.51. The Hall–Kier alpha value is -3.06. The Balaban J connectivity index is 1.56. The number of methoxy groups -OCH3 is 1. The predicted octanol–water partition coefficient (Wildman–Crippen LogP) is 3.71. The maximum atomic E-state index is 12.3. The minimum atomic E-state index is -3.45. The fourth-order valence-electron chi connectivity index (χ4n) is 3.35. The number of nitrogens with one attached hydrogen (secondary N) is 1. The van der Waals surface area contributed by atoms with E-state index in [9.17, 15) is 13.2 Å². The molecular weight excluding hydrogens is 400 g/mol. The zero-order chi connectivity index (χ0) is 21.6. The first-order chi connectivity index (χ1) is 14.4. The first-order valence-corrected chi connectivity index (χ1v) is 11.6. The number of ether oxygens (including phenoxy) is 1. The molecule has 0 aliphatic rings. The highest BCUT2D eigenvalue weighted by molar-refractivity contribution is 7.92. The Morgan fingerprint density at radius 1 is 1.00 bits per heavy atom. The molecule has 3 aromatic rings. The highest BCUT2D eigenvalue weighted by Gasteiger charge is 2.17. The summed E-state index contributed by atoms with van der Waals surface area (Å²) < 4.78 is 30.8. The molecule has 30 heavy (non-hydrogen) atoms. The summed E-state index contributed by atoms with van der Waals surface area (Å²) in [5.41, 5.74) is 1.60. The summed E-state index contributed by atoms with van der Waals surface area (Å²) in [6.45, 7) is 0.668. The van der Waals surface area contributed by atoms with Crippen LogP contribution < -0.4 is 14.4 Å². The van der Waals surface area contributed by atoms with Crippen molar-refractivity contribution in [2.45, 2.75) is 19.4 Å². The first-order valence-electron chi connectivity index (χ1n) is 9.73. The van der Waals surface area contributed by atoms with E-state index < -0.39 is 10.0 Å².